The quantitative estimate of drug-likeness (QED) is 0.503. The molecule has 2 rings (SSSR count). The Morgan fingerprint density at radius 3 is 2.83 bits per heavy atom. The van der Waals surface area contributed by atoms with Gasteiger partial charge < -0.3 is 4.74 Å². The van der Waals surface area contributed by atoms with Crippen molar-refractivity contribution in [3.63, 3.8) is 0 Å². The van der Waals surface area contributed by atoms with Crippen LogP contribution in [-0.4, -0.2) is 23.7 Å². The van der Waals surface area contributed by atoms with E-state index < -0.39 is 10.8 Å². The fraction of sp³-hybridized carbons (Fsp3) is 0.125. The summed E-state index contributed by atoms with van der Waals surface area (Å²) in [7, 11) is 0. The smallest absolute Gasteiger partial charge is 0.277 e. The van der Waals surface area contributed by atoms with Crippen LogP contribution in [0, 0.1) is 17.0 Å². The monoisotopic (exact) mass is 313 g/mol. The molecule has 2 aromatic rings. The highest BCUT2D eigenvalue weighted by Crippen LogP contribution is 2.12. The van der Waals surface area contributed by atoms with Crippen molar-refractivity contribution < 1.29 is 14.5 Å². The van der Waals surface area contributed by atoms with Gasteiger partial charge in [-0.15, -0.1) is 0 Å². The summed E-state index contributed by atoms with van der Waals surface area (Å²) in [5.74, 6) is 0.177. The highest BCUT2D eigenvalue weighted by atomic mass is 16.6. The van der Waals surface area contributed by atoms with E-state index in [-0.39, 0.29) is 12.3 Å². The number of nitro benzene ring substituents is 1. The lowest BCUT2D eigenvalue weighted by Gasteiger charge is -2.05. The third-order valence-corrected chi connectivity index (χ3v) is 2.84. The van der Waals surface area contributed by atoms with Gasteiger partial charge in [-0.25, -0.2) is 5.43 Å². The summed E-state index contributed by atoms with van der Waals surface area (Å²) in [6, 6.07) is 13.3. The van der Waals surface area contributed by atoms with E-state index in [1.54, 1.807) is 18.2 Å². The Bertz CT molecular complexity index is 744. The number of aryl methyl sites for hydroxylation is 1. The van der Waals surface area contributed by atoms with E-state index in [1.807, 2.05) is 25.1 Å². The number of carbonyl (C=O) groups is 1. The van der Waals surface area contributed by atoms with E-state index in [1.165, 1.54) is 18.3 Å². The van der Waals surface area contributed by atoms with Crippen molar-refractivity contribution in [2.45, 2.75) is 6.92 Å². The number of hydrogen-bond acceptors (Lipinski definition) is 5. The number of ether oxygens (including phenoxy) is 1. The van der Waals surface area contributed by atoms with E-state index in [2.05, 4.69) is 10.5 Å². The Morgan fingerprint density at radius 1 is 1.30 bits per heavy atom. The fourth-order valence-corrected chi connectivity index (χ4v) is 1.78. The highest BCUT2D eigenvalue weighted by molar-refractivity contribution is 5.83. The van der Waals surface area contributed by atoms with Gasteiger partial charge >= 0.3 is 0 Å². The Balaban J connectivity index is 1.84. The van der Waals surface area contributed by atoms with E-state index in [0.29, 0.717) is 11.3 Å². The molecule has 2 aromatic carbocycles. The maximum Gasteiger partial charge on any atom is 0.277 e. The van der Waals surface area contributed by atoms with Crippen LogP contribution in [0.25, 0.3) is 0 Å². The van der Waals surface area contributed by atoms with Crippen LogP contribution in [0.3, 0.4) is 0 Å². The first-order valence-corrected chi connectivity index (χ1v) is 6.80. The average Bonchev–Trinajstić information content (AvgIpc) is 2.53. The normalized spacial score (nSPS) is 10.5. The fourth-order valence-electron chi connectivity index (χ4n) is 1.78. The third-order valence-electron chi connectivity index (χ3n) is 2.84. The molecule has 0 radical (unpaired) electrons. The van der Waals surface area contributed by atoms with Gasteiger partial charge in [0, 0.05) is 17.7 Å². The summed E-state index contributed by atoms with van der Waals surface area (Å²) in [5.41, 5.74) is 3.81. The van der Waals surface area contributed by atoms with Crippen molar-refractivity contribution in [1.29, 1.82) is 0 Å². The number of rotatable bonds is 6. The first kappa shape index (κ1) is 16.2. The Kier molecular flexibility index (Phi) is 5.40. The van der Waals surface area contributed by atoms with Gasteiger partial charge in [0.1, 0.15) is 5.75 Å². The zero-order chi connectivity index (χ0) is 16.7. The molecule has 0 saturated carbocycles. The average molecular weight is 313 g/mol. The molecule has 0 aromatic heterocycles. The number of nitrogens with one attached hydrogen (secondary N) is 1. The molecular formula is C16H15N3O4. The molecule has 0 aliphatic rings. The van der Waals surface area contributed by atoms with Crippen LogP contribution >= 0.6 is 0 Å². The zero-order valence-electron chi connectivity index (χ0n) is 12.4. The molecule has 7 nitrogen and oxygen atoms in total. The van der Waals surface area contributed by atoms with Gasteiger partial charge in [-0.3, -0.25) is 14.9 Å². The van der Waals surface area contributed by atoms with Crippen LogP contribution in [0.4, 0.5) is 5.69 Å². The van der Waals surface area contributed by atoms with Crippen molar-refractivity contribution in [3.05, 3.63) is 69.8 Å². The van der Waals surface area contributed by atoms with Crippen LogP contribution in [0.5, 0.6) is 5.75 Å². The molecule has 23 heavy (non-hydrogen) atoms. The number of non-ortho nitro benzene ring substituents is 1. The highest BCUT2D eigenvalue weighted by Gasteiger charge is 2.04. The van der Waals surface area contributed by atoms with Gasteiger partial charge in [-0.1, -0.05) is 24.3 Å². The summed E-state index contributed by atoms with van der Waals surface area (Å²) in [6.07, 6.45) is 1.33. The SMILES string of the molecule is Cc1cccc(OCC(=O)N/N=C\c2cccc([N+](=O)[O-])c2)c1. The lowest BCUT2D eigenvalue weighted by molar-refractivity contribution is -0.384. The van der Waals surface area contributed by atoms with E-state index in [9.17, 15) is 14.9 Å². The molecule has 0 atom stereocenters. The van der Waals surface area contributed by atoms with Crippen molar-refractivity contribution in [2.75, 3.05) is 6.61 Å². The molecule has 118 valence electrons. The molecule has 0 fully saturated rings. The zero-order valence-corrected chi connectivity index (χ0v) is 12.4. The van der Waals surface area contributed by atoms with Crippen LogP contribution < -0.4 is 10.2 Å². The largest absolute Gasteiger partial charge is 0.484 e. The number of hydrazone groups is 1. The Morgan fingerprint density at radius 2 is 2.09 bits per heavy atom. The van der Waals surface area contributed by atoms with Crippen molar-refractivity contribution in [3.8, 4) is 5.75 Å². The van der Waals surface area contributed by atoms with E-state index >= 15 is 0 Å². The molecule has 0 heterocycles. The first-order valence-electron chi connectivity index (χ1n) is 6.80. The lowest BCUT2D eigenvalue weighted by Crippen LogP contribution is -2.24. The minimum absolute atomic E-state index is 0.0388. The molecule has 0 unspecified atom stereocenters. The maximum absolute atomic E-state index is 11.6. The molecule has 0 bridgehead atoms. The van der Waals surface area contributed by atoms with Gasteiger partial charge in [0.15, 0.2) is 6.61 Å². The topological polar surface area (TPSA) is 93.8 Å². The van der Waals surface area contributed by atoms with Gasteiger partial charge in [0.25, 0.3) is 11.6 Å². The lowest BCUT2D eigenvalue weighted by atomic mass is 10.2. The van der Waals surface area contributed by atoms with Gasteiger partial charge in [-0.05, 0) is 24.6 Å². The van der Waals surface area contributed by atoms with Gasteiger partial charge in [-0.2, -0.15) is 5.10 Å². The standard InChI is InChI=1S/C16H15N3O4/c1-12-4-2-7-15(8-12)23-11-16(20)18-17-10-13-5-3-6-14(9-13)19(21)22/h2-10H,11H2,1H3,(H,18,20)/b17-10-. The predicted molar refractivity (Wildman–Crippen MR) is 85.5 cm³/mol. The van der Waals surface area contributed by atoms with Gasteiger partial charge in [0.05, 0.1) is 11.1 Å². The van der Waals surface area contributed by atoms with Crippen LogP contribution in [0.1, 0.15) is 11.1 Å². The second kappa shape index (κ2) is 7.69. The molecule has 0 spiro atoms. The van der Waals surface area contributed by atoms with Crippen molar-refractivity contribution >= 4 is 17.8 Å². The Labute approximate surface area is 132 Å². The molecule has 0 aliphatic heterocycles. The number of carbonyl (C=O) groups excluding carboxylic acids is 1. The summed E-state index contributed by atoms with van der Waals surface area (Å²) in [5, 5.41) is 14.4. The molecule has 1 amide bonds. The minimum Gasteiger partial charge on any atom is -0.484 e. The number of nitrogens with zero attached hydrogens (tertiary/aromatic N) is 2. The first-order chi connectivity index (χ1) is 11.0. The number of benzene rings is 2. The Hall–Kier alpha value is -3.22. The van der Waals surface area contributed by atoms with E-state index in [4.69, 9.17) is 4.74 Å². The van der Waals surface area contributed by atoms with Gasteiger partial charge in [0.2, 0.25) is 0 Å². The van der Waals surface area contributed by atoms with Crippen molar-refractivity contribution in [1.82, 2.24) is 5.43 Å². The molecule has 0 saturated heterocycles. The summed E-state index contributed by atoms with van der Waals surface area (Å²) >= 11 is 0. The molecule has 0 aliphatic carbocycles. The summed E-state index contributed by atoms with van der Waals surface area (Å²) < 4.78 is 5.33. The predicted octanol–water partition coefficient (Wildman–Crippen LogP) is 2.43. The number of nitro groups is 1. The minimum atomic E-state index is -0.494. The second-order valence-electron chi connectivity index (χ2n) is 4.75. The van der Waals surface area contributed by atoms with E-state index in [0.717, 1.165) is 5.56 Å². The number of amides is 1. The maximum atomic E-state index is 11.6. The van der Waals surface area contributed by atoms with Crippen LogP contribution in [0.15, 0.2) is 53.6 Å². The van der Waals surface area contributed by atoms with Crippen LogP contribution in [-0.2, 0) is 4.79 Å². The molecule has 7 heteroatoms. The second-order valence-corrected chi connectivity index (χ2v) is 4.75. The summed E-state index contributed by atoms with van der Waals surface area (Å²) in [6.45, 7) is 1.76. The summed E-state index contributed by atoms with van der Waals surface area (Å²) in [4.78, 5) is 21.8. The molecule has 1 N–H and O–H groups in total. The molecular weight excluding hydrogens is 298 g/mol. The van der Waals surface area contributed by atoms with Crippen molar-refractivity contribution in [2.24, 2.45) is 5.10 Å². The number of hydrogen-bond donors (Lipinski definition) is 1. The third kappa shape index (κ3) is 5.24. The van der Waals surface area contributed by atoms with Crippen LogP contribution in [0.2, 0.25) is 0 Å².